The number of halogens is 1. The highest BCUT2D eigenvalue weighted by Crippen LogP contribution is 2.34. The summed E-state index contributed by atoms with van der Waals surface area (Å²) in [4.78, 5) is 0. The Morgan fingerprint density at radius 2 is 1.32 bits per heavy atom. The number of aromatic nitrogens is 1. The van der Waals surface area contributed by atoms with Gasteiger partial charge in [-0.1, -0.05) is 58.4 Å². The van der Waals surface area contributed by atoms with Gasteiger partial charge in [-0.25, -0.2) is 0 Å². The molecule has 3 heteroatoms. The molecule has 0 spiro atoms. The average molecular weight is 423 g/mol. The molecule has 0 saturated carbocycles. The van der Waals surface area contributed by atoms with E-state index in [2.05, 4.69) is 93.3 Å². The van der Waals surface area contributed by atoms with Crippen LogP contribution in [0.15, 0.2) is 95.5 Å². The molecule has 0 saturated heterocycles. The van der Waals surface area contributed by atoms with Gasteiger partial charge in [-0.15, -0.1) is 0 Å². The van der Waals surface area contributed by atoms with E-state index in [0.29, 0.717) is 5.56 Å². The van der Waals surface area contributed by atoms with Crippen LogP contribution >= 0.6 is 15.9 Å². The monoisotopic (exact) mass is 422 g/mol. The van der Waals surface area contributed by atoms with Gasteiger partial charge in [0.15, 0.2) is 0 Å². The van der Waals surface area contributed by atoms with Crippen LogP contribution in [0.5, 0.6) is 0 Å². The van der Waals surface area contributed by atoms with E-state index in [1.807, 2.05) is 24.3 Å². The van der Waals surface area contributed by atoms with Gasteiger partial charge in [0.1, 0.15) is 0 Å². The third-order valence-corrected chi connectivity index (χ3v) is 5.60. The molecular weight excluding hydrogens is 408 g/mol. The molecule has 0 atom stereocenters. The van der Waals surface area contributed by atoms with E-state index in [1.54, 1.807) is 0 Å². The van der Waals surface area contributed by atoms with Crippen molar-refractivity contribution < 1.29 is 0 Å². The first-order valence-electron chi connectivity index (χ1n) is 9.04. The molecule has 132 valence electrons. The van der Waals surface area contributed by atoms with Crippen LogP contribution in [-0.4, -0.2) is 4.57 Å². The fourth-order valence-electron chi connectivity index (χ4n) is 3.76. The fourth-order valence-corrected chi connectivity index (χ4v) is 4.12. The quantitative estimate of drug-likeness (QED) is 0.298. The first kappa shape index (κ1) is 16.8. The summed E-state index contributed by atoms with van der Waals surface area (Å²) in [5.74, 6) is 0. The predicted octanol–water partition coefficient (Wildman–Crippen LogP) is 7.08. The summed E-state index contributed by atoms with van der Waals surface area (Å²) < 4.78 is 3.39. The third kappa shape index (κ3) is 2.70. The molecule has 2 nitrogen and oxygen atoms in total. The van der Waals surface area contributed by atoms with Crippen molar-refractivity contribution in [3.05, 3.63) is 101 Å². The summed E-state index contributed by atoms with van der Waals surface area (Å²) in [5, 5.41) is 11.5. The smallest absolute Gasteiger partial charge is 0.0991 e. The van der Waals surface area contributed by atoms with Crippen LogP contribution in [0.1, 0.15) is 5.56 Å². The van der Waals surface area contributed by atoms with Gasteiger partial charge in [0, 0.05) is 20.9 Å². The number of para-hydroxylation sites is 1. The van der Waals surface area contributed by atoms with Gasteiger partial charge in [-0.3, -0.25) is 0 Å². The Labute approximate surface area is 171 Å². The number of fused-ring (bicyclic) bond motifs is 3. The molecule has 1 heterocycles. The van der Waals surface area contributed by atoms with Crippen molar-refractivity contribution in [3.63, 3.8) is 0 Å². The maximum Gasteiger partial charge on any atom is 0.0991 e. The second kappa shape index (κ2) is 6.67. The minimum Gasteiger partial charge on any atom is -0.309 e. The van der Waals surface area contributed by atoms with Crippen LogP contribution in [0.25, 0.3) is 38.6 Å². The molecule has 5 rings (SSSR count). The summed E-state index contributed by atoms with van der Waals surface area (Å²) >= 11 is 3.60. The highest BCUT2D eigenvalue weighted by molar-refractivity contribution is 9.10. The highest BCUT2D eigenvalue weighted by Gasteiger charge is 2.12. The second-order valence-corrected chi connectivity index (χ2v) is 7.67. The standard InChI is InChI=1S/C25H15BrN2/c26-20-11-14-25-23(15-20)22-3-1-2-4-24(22)28(25)21-12-9-19(10-13-21)18-7-5-17(16-27)6-8-18/h1-15H. The van der Waals surface area contributed by atoms with Crippen molar-refractivity contribution in [1.29, 1.82) is 5.26 Å². The van der Waals surface area contributed by atoms with Crippen LogP contribution in [-0.2, 0) is 0 Å². The molecule has 0 N–H and O–H groups in total. The molecule has 0 fully saturated rings. The Hall–Kier alpha value is -3.35. The molecule has 1 aromatic heterocycles. The summed E-state index contributed by atoms with van der Waals surface area (Å²) in [7, 11) is 0. The molecule has 0 radical (unpaired) electrons. The Bertz CT molecular complexity index is 1350. The second-order valence-electron chi connectivity index (χ2n) is 6.75. The Morgan fingerprint density at radius 3 is 2.04 bits per heavy atom. The zero-order chi connectivity index (χ0) is 19.1. The largest absolute Gasteiger partial charge is 0.309 e. The Balaban J connectivity index is 1.66. The summed E-state index contributed by atoms with van der Waals surface area (Å²) in [6, 6.07) is 33.4. The van der Waals surface area contributed by atoms with Crippen LogP contribution in [0.3, 0.4) is 0 Å². The lowest BCUT2D eigenvalue weighted by Crippen LogP contribution is -1.93. The van der Waals surface area contributed by atoms with E-state index < -0.39 is 0 Å². The maximum atomic E-state index is 8.98. The number of hydrogen-bond acceptors (Lipinski definition) is 1. The lowest BCUT2D eigenvalue weighted by Gasteiger charge is -2.09. The highest BCUT2D eigenvalue weighted by atomic mass is 79.9. The first-order chi connectivity index (χ1) is 13.7. The Morgan fingerprint density at radius 1 is 0.679 bits per heavy atom. The fraction of sp³-hybridized carbons (Fsp3) is 0. The molecule has 0 amide bonds. The van der Waals surface area contributed by atoms with E-state index in [-0.39, 0.29) is 0 Å². The van der Waals surface area contributed by atoms with Crippen LogP contribution in [0.2, 0.25) is 0 Å². The summed E-state index contributed by atoms with van der Waals surface area (Å²) in [6.45, 7) is 0. The molecule has 0 bridgehead atoms. The van der Waals surface area contributed by atoms with Gasteiger partial charge in [-0.05, 0) is 59.7 Å². The minimum absolute atomic E-state index is 0.678. The lowest BCUT2D eigenvalue weighted by atomic mass is 10.0. The van der Waals surface area contributed by atoms with Crippen molar-refractivity contribution >= 4 is 37.7 Å². The lowest BCUT2D eigenvalue weighted by molar-refractivity contribution is 1.18. The molecule has 0 aliphatic heterocycles. The summed E-state index contributed by atoms with van der Waals surface area (Å²) in [5.41, 5.74) is 6.44. The molecule has 0 unspecified atom stereocenters. The number of nitriles is 1. The van der Waals surface area contributed by atoms with Gasteiger partial charge in [-0.2, -0.15) is 5.26 Å². The van der Waals surface area contributed by atoms with Crippen molar-refractivity contribution in [3.8, 4) is 22.9 Å². The molecule has 28 heavy (non-hydrogen) atoms. The topological polar surface area (TPSA) is 28.7 Å². The van der Waals surface area contributed by atoms with Crippen molar-refractivity contribution in [2.75, 3.05) is 0 Å². The van der Waals surface area contributed by atoms with Gasteiger partial charge in [0.2, 0.25) is 0 Å². The zero-order valence-electron chi connectivity index (χ0n) is 14.9. The van der Waals surface area contributed by atoms with Crippen molar-refractivity contribution in [1.82, 2.24) is 4.57 Å². The van der Waals surface area contributed by atoms with Crippen LogP contribution < -0.4 is 0 Å². The van der Waals surface area contributed by atoms with E-state index in [1.165, 1.54) is 21.8 Å². The number of rotatable bonds is 2. The molecule has 4 aromatic carbocycles. The van der Waals surface area contributed by atoms with Crippen LogP contribution in [0.4, 0.5) is 0 Å². The van der Waals surface area contributed by atoms with Crippen molar-refractivity contribution in [2.24, 2.45) is 0 Å². The molecular formula is C25H15BrN2. The van der Waals surface area contributed by atoms with E-state index in [4.69, 9.17) is 5.26 Å². The average Bonchev–Trinajstić information content (AvgIpc) is 3.08. The molecule has 0 aliphatic rings. The van der Waals surface area contributed by atoms with E-state index in [0.717, 1.165) is 21.3 Å². The van der Waals surface area contributed by atoms with Crippen LogP contribution in [0, 0.1) is 11.3 Å². The number of nitrogens with zero attached hydrogens (tertiary/aromatic N) is 2. The number of benzene rings is 4. The minimum atomic E-state index is 0.678. The molecule has 0 aliphatic carbocycles. The number of hydrogen-bond donors (Lipinski definition) is 0. The Kier molecular flexibility index (Phi) is 4.00. The maximum absolute atomic E-state index is 8.98. The summed E-state index contributed by atoms with van der Waals surface area (Å²) in [6.07, 6.45) is 0. The van der Waals surface area contributed by atoms with Gasteiger partial charge < -0.3 is 4.57 Å². The third-order valence-electron chi connectivity index (χ3n) is 5.11. The van der Waals surface area contributed by atoms with Gasteiger partial charge in [0.05, 0.1) is 22.7 Å². The SMILES string of the molecule is N#Cc1ccc(-c2ccc(-n3c4ccccc4c4cc(Br)ccc43)cc2)cc1. The van der Waals surface area contributed by atoms with Gasteiger partial charge in [0.25, 0.3) is 0 Å². The van der Waals surface area contributed by atoms with Gasteiger partial charge >= 0.3 is 0 Å². The van der Waals surface area contributed by atoms with E-state index in [9.17, 15) is 0 Å². The zero-order valence-corrected chi connectivity index (χ0v) is 16.5. The first-order valence-corrected chi connectivity index (χ1v) is 9.83. The molecule has 5 aromatic rings. The van der Waals surface area contributed by atoms with Crippen molar-refractivity contribution in [2.45, 2.75) is 0 Å². The van der Waals surface area contributed by atoms with E-state index >= 15 is 0 Å². The predicted molar refractivity (Wildman–Crippen MR) is 119 cm³/mol. The normalized spacial score (nSPS) is 11.0.